The van der Waals surface area contributed by atoms with Crippen molar-refractivity contribution in [2.45, 2.75) is 33.5 Å². The Kier molecular flexibility index (Phi) is 5.44. The SMILES string of the molecule is CCN(CC)c1ccc(C=CC=C2C(=O)OC(C)(C)OC2=O)cc1. The van der Waals surface area contributed by atoms with Gasteiger partial charge in [-0.15, -0.1) is 0 Å². The molecule has 1 aromatic carbocycles. The third kappa shape index (κ3) is 4.25. The Morgan fingerprint density at radius 1 is 1.00 bits per heavy atom. The van der Waals surface area contributed by atoms with Gasteiger partial charge >= 0.3 is 11.9 Å². The molecule has 5 nitrogen and oxygen atoms in total. The van der Waals surface area contributed by atoms with E-state index in [0.29, 0.717) is 0 Å². The summed E-state index contributed by atoms with van der Waals surface area (Å²) in [5.41, 5.74) is 2.03. The van der Waals surface area contributed by atoms with E-state index < -0.39 is 17.7 Å². The molecule has 1 fully saturated rings. The number of allylic oxidation sites excluding steroid dienone is 2. The second-order valence-electron chi connectivity index (χ2n) is 5.88. The first-order valence-electron chi connectivity index (χ1n) is 8.06. The minimum atomic E-state index is -1.21. The van der Waals surface area contributed by atoms with Gasteiger partial charge in [-0.1, -0.05) is 24.3 Å². The van der Waals surface area contributed by atoms with E-state index in [4.69, 9.17) is 9.47 Å². The van der Waals surface area contributed by atoms with Gasteiger partial charge in [0.25, 0.3) is 5.79 Å². The number of ether oxygens (including phenoxy) is 2. The van der Waals surface area contributed by atoms with Crippen LogP contribution in [0.4, 0.5) is 5.69 Å². The van der Waals surface area contributed by atoms with E-state index in [9.17, 15) is 9.59 Å². The van der Waals surface area contributed by atoms with Gasteiger partial charge in [0, 0.05) is 32.6 Å². The van der Waals surface area contributed by atoms with Crippen molar-refractivity contribution in [1.29, 1.82) is 0 Å². The number of anilines is 1. The Labute approximate surface area is 142 Å². The summed E-state index contributed by atoms with van der Waals surface area (Å²) in [4.78, 5) is 25.9. The van der Waals surface area contributed by atoms with Crippen LogP contribution in [0.3, 0.4) is 0 Å². The van der Waals surface area contributed by atoms with Crippen LogP contribution in [0.5, 0.6) is 0 Å². The number of carbonyl (C=O) groups excluding carboxylic acids is 2. The molecular formula is C19H23NO4. The molecule has 0 bridgehead atoms. The zero-order valence-electron chi connectivity index (χ0n) is 14.5. The van der Waals surface area contributed by atoms with Crippen LogP contribution in [0.25, 0.3) is 6.08 Å². The van der Waals surface area contributed by atoms with Crippen molar-refractivity contribution in [2.75, 3.05) is 18.0 Å². The normalized spacial score (nSPS) is 16.8. The summed E-state index contributed by atoms with van der Waals surface area (Å²) in [6.45, 7) is 9.19. The first-order chi connectivity index (χ1) is 11.4. The molecule has 1 aromatic rings. The van der Waals surface area contributed by atoms with Crippen molar-refractivity contribution in [3.8, 4) is 0 Å². The number of nitrogens with zero attached hydrogens (tertiary/aromatic N) is 1. The summed E-state index contributed by atoms with van der Waals surface area (Å²) in [6, 6.07) is 8.07. The van der Waals surface area contributed by atoms with Crippen molar-refractivity contribution in [3.05, 3.63) is 47.6 Å². The molecule has 0 atom stereocenters. The Bertz CT molecular complexity index is 645. The van der Waals surface area contributed by atoms with Gasteiger partial charge in [0.05, 0.1) is 0 Å². The molecule has 0 aromatic heterocycles. The molecule has 0 aliphatic carbocycles. The molecule has 0 amide bonds. The molecule has 24 heavy (non-hydrogen) atoms. The third-order valence-corrected chi connectivity index (χ3v) is 3.69. The van der Waals surface area contributed by atoms with E-state index in [1.54, 1.807) is 6.08 Å². The molecule has 128 valence electrons. The largest absolute Gasteiger partial charge is 0.419 e. The van der Waals surface area contributed by atoms with Gasteiger partial charge in [0.1, 0.15) is 5.57 Å². The molecule has 0 spiro atoms. The van der Waals surface area contributed by atoms with Crippen LogP contribution in [0.1, 0.15) is 33.3 Å². The summed E-state index contributed by atoms with van der Waals surface area (Å²) >= 11 is 0. The molecule has 0 radical (unpaired) electrons. The minimum absolute atomic E-state index is 0.106. The Morgan fingerprint density at radius 3 is 2.04 bits per heavy atom. The van der Waals surface area contributed by atoms with E-state index in [1.807, 2.05) is 30.3 Å². The summed E-state index contributed by atoms with van der Waals surface area (Å²) < 4.78 is 10.1. The molecular weight excluding hydrogens is 306 g/mol. The predicted octanol–water partition coefficient (Wildman–Crippen LogP) is 3.31. The van der Waals surface area contributed by atoms with E-state index in [2.05, 4.69) is 18.7 Å². The van der Waals surface area contributed by atoms with Crippen LogP contribution in [-0.2, 0) is 19.1 Å². The van der Waals surface area contributed by atoms with E-state index >= 15 is 0 Å². The highest BCUT2D eigenvalue weighted by Crippen LogP contribution is 2.22. The van der Waals surface area contributed by atoms with Crippen LogP contribution in [0.2, 0.25) is 0 Å². The molecule has 0 saturated carbocycles. The van der Waals surface area contributed by atoms with Crippen LogP contribution in [0.15, 0.2) is 42.0 Å². The van der Waals surface area contributed by atoms with Gasteiger partial charge in [-0.25, -0.2) is 9.59 Å². The average molecular weight is 329 g/mol. The molecule has 0 unspecified atom stereocenters. The lowest BCUT2D eigenvalue weighted by molar-refractivity contribution is -0.222. The first-order valence-corrected chi connectivity index (χ1v) is 8.06. The molecule has 2 rings (SSSR count). The number of hydrogen-bond acceptors (Lipinski definition) is 5. The number of carbonyl (C=O) groups is 2. The van der Waals surface area contributed by atoms with Crippen molar-refractivity contribution in [1.82, 2.24) is 0 Å². The van der Waals surface area contributed by atoms with Gasteiger partial charge in [-0.2, -0.15) is 0 Å². The molecule has 1 aliphatic heterocycles. The third-order valence-electron chi connectivity index (χ3n) is 3.69. The van der Waals surface area contributed by atoms with E-state index in [-0.39, 0.29) is 5.57 Å². The fourth-order valence-electron chi connectivity index (χ4n) is 2.44. The number of rotatable bonds is 5. The fraction of sp³-hybridized carbons (Fsp3) is 0.368. The maximum Gasteiger partial charge on any atom is 0.348 e. The molecule has 0 N–H and O–H groups in total. The van der Waals surface area contributed by atoms with Gasteiger partial charge in [-0.3, -0.25) is 0 Å². The number of benzene rings is 1. The standard InChI is InChI=1S/C19H23NO4/c1-5-20(6-2)15-12-10-14(11-13-15)8-7-9-16-17(21)23-19(3,4)24-18(16)22/h7-13H,5-6H2,1-4H3. The quantitative estimate of drug-likeness (QED) is 0.471. The lowest BCUT2D eigenvalue weighted by Gasteiger charge is -2.29. The van der Waals surface area contributed by atoms with Gasteiger partial charge in [0.2, 0.25) is 0 Å². The lowest BCUT2D eigenvalue weighted by Crippen LogP contribution is -2.41. The summed E-state index contributed by atoms with van der Waals surface area (Å²) in [5, 5.41) is 0. The van der Waals surface area contributed by atoms with Gasteiger partial charge in [0.15, 0.2) is 0 Å². The maximum atomic E-state index is 11.8. The maximum absolute atomic E-state index is 11.8. The zero-order chi connectivity index (χ0) is 17.7. The zero-order valence-corrected chi connectivity index (χ0v) is 14.5. The molecule has 1 heterocycles. The topological polar surface area (TPSA) is 55.8 Å². The number of hydrogen-bond donors (Lipinski definition) is 0. The van der Waals surface area contributed by atoms with Crippen LogP contribution in [-0.4, -0.2) is 30.8 Å². The minimum Gasteiger partial charge on any atom is -0.419 e. The van der Waals surface area contributed by atoms with Crippen molar-refractivity contribution in [2.24, 2.45) is 0 Å². The van der Waals surface area contributed by atoms with Crippen molar-refractivity contribution < 1.29 is 19.1 Å². The second kappa shape index (κ2) is 7.34. The van der Waals surface area contributed by atoms with Gasteiger partial charge in [-0.05, 0) is 37.6 Å². The van der Waals surface area contributed by atoms with Crippen LogP contribution >= 0.6 is 0 Å². The highest BCUT2D eigenvalue weighted by Gasteiger charge is 2.38. The fourth-order valence-corrected chi connectivity index (χ4v) is 2.44. The van der Waals surface area contributed by atoms with E-state index in [1.165, 1.54) is 19.9 Å². The monoisotopic (exact) mass is 329 g/mol. The molecule has 1 saturated heterocycles. The highest BCUT2D eigenvalue weighted by molar-refractivity contribution is 6.15. The van der Waals surface area contributed by atoms with E-state index in [0.717, 1.165) is 24.3 Å². The summed E-state index contributed by atoms with van der Waals surface area (Å²) in [5.74, 6) is -2.55. The van der Waals surface area contributed by atoms with Gasteiger partial charge < -0.3 is 14.4 Å². The highest BCUT2D eigenvalue weighted by atomic mass is 16.7. The van der Waals surface area contributed by atoms with Crippen LogP contribution in [0, 0.1) is 0 Å². The molecule has 1 aliphatic rings. The second-order valence-corrected chi connectivity index (χ2v) is 5.88. The lowest BCUT2D eigenvalue weighted by atomic mass is 10.1. The Hall–Kier alpha value is -2.56. The van der Waals surface area contributed by atoms with Crippen LogP contribution < -0.4 is 4.90 Å². The van der Waals surface area contributed by atoms with Crippen molar-refractivity contribution in [3.63, 3.8) is 0 Å². The predicted molar refractivity (Wildman–Crippen MR) is 93.4 cm³/mol. The summed E-state index contributed by atoms with van der Waals surface area (Å²) in [7, 11) is 0. The number of esters is 2. The Balaban J connectivity index is 2.08. The first kappa shape index (κ1) is 17.8. The van der Waals surface area contributed by atoms with Crippen molar-refractivity contribution >= 4 is 23.7 Å². The average Bonchev–Trinajstić information content (AvgIpc) is 2.51. The summed E-state index contributed by atoms with van der Waals surface area (Å²) in [6.07, 6.45) is 4.88. The number of cyclic esters (lactones) is 2. The Morgan fingerprint density at radius 2 is 1.54 bits per heavy atom. The smallest absolute Gasteiger partial charge is 0.348 e. The molecule has 5 heteroatoms.